The van der Waals surface area contributed by atoms with Crippen molar-refractivity contribution in [1.82, 2.24) is 9.97 Å². The number of hydrogen-bond acceptors (Lipinski definition) is 4. The van der Waals surface area contributed by atoms with E-state index in [2.05, 4.69) is 46.1 Å². The molecule has 0 unspecified atom stereocenters. The van der Waals surface area contributed by atoms with Crippen molar-refractivity contribution in [1.29, 1.82) is 0 Å². The Kier molecular flexibility index (Phi) is 3.76. The van der Waals surface area contributed by atoms with Crippen molar-refractivity contribution in [2.24, 2.45) is 0 Å². The average molecular weight is 323 g/mol. The first-order chi connectivity index (χ1) is 11.7. The second-order valence-electron chi connectivity index (χ2n) is 6.11. The fourth-order valence-electron chi connectivity index (χ4n) is 3.05. The first kappa shape index (κ1) is 14.9. The van der Waals surface area contributed by atoms with Gasteiger partial charge in [0.25, 0.3) is 0 Å². The maximum atomic E-state index is 13.0. The fourth-order valence-corrected chi connectivity index (χ4v) is 3.05. The second-order valence-corrected chi connectivity index (χ2v) is 6.11. The quantitative estimate of drug-likeness (QED) is 0.711. The van der Waals surface area contributed by atoms with Crippen LogP contribution in [0, 0.1) is 12.7 Å². The first-order valence-electron chi connectivity index (χ1n) is 8.11. The highest BCUT2D eigenvalue weighted by molar-refractivity contribution is 5.51. The Morgan fingerprint density at radius 1 is 1.21 bits per heavy atom. The third kappa shape index (κ3) is 2.89. The van der Waals surface area contributed by atoms with E-state index < -0.39 is 0 Å². The Hall–Kier alpha value is -2.69. The summed E-state index contributed by atoms with van der Waals surface area (Å²) in [5.41, 5.74) is 3.95. The number of anilines is 1. The van der Waals surface area contributed by atoms with E-state index in [1.165, 1.54) is 23.5 Å². The summed E-state index contributed by atoms with van der Waals surface area (Å²) in [7, 11) is 0. The van der Waals surface area contributed by atoms with Gasteiger partial charge in [-0.25, -0.2) is 14.4 Å². The van der Waals surface area contributed by atoms with E-state index in [4.69, 9.17) is 4.42 Å². The zero-order chi connectivity index (χ0) is 16.5. The number of aromatic nitrogens is 2. The van der Waals surface area contributed by atoms with Crippen LogP contribution < -0.4 is 4.90 Å². The minimum absolute atomic E-state index is 0.363. The molecule has 4 rings (SSSR count). The van der Waals surface area contributed by atoms with Gasteiger partial charge in [-0.1, -0.05) is 12.1 Å². The number of pyridine rings is 1. The molecule has 1 aliphatic heterocycles. The predicted molar refractivity (Wildman–Crippen MR) is 90.2 cm³/mol. The van der Waals surface area contributed by atoms with Gasteiger partial charge in [-0.2, -0.15) is 0 Å². The number of nitrogens with zero attached hydrogens (tertiary/aromatic N) is 3. The van der Waals surface area contributed by atoms with Crippen LogP contribution in [-0.2, 0) is 13.0 Å². The molecular formula is C19H18FN3O. The highest BCUT2D eigenvalue weighted by Gasteiger charge is 2.21. The molecule has 0 fully saturated rings. The minimum atomic E-state index is -0.363. The Balaban J connectivity index is 1.64. The summed E-state index contributed by atoms with van der Waals surface area (Å²) in [6, 6.07) is 11.5. The van der Waals surface area contributed by atoms with Crippen molar-refractivity contribution in [2.75, 3.05) is 11.4 Å². The topological polar surface area (TPSA) is 42.2 Å². The molecule has 2 aromatic heterocycles. The smallest absolute Gasteiger partial charge is 0.245 e. The van der Waals surface area contributed by atoms with Gasteiger partial charge in [0.2, 0.25) is 5.89 Å². The van der Waals surface area contributed by atoms with Gasteiger partial charge in [0, 0.05) is 18.7 Å². The summed E-state index contributed by atoms with van der Waals surface area (Å²) in [5, 5.41) is 0. The molecule has 0 saturated carbocycles. The van der Waals surface area contributed by atoms with Crippen molar-refractivity contribution in [3.05, 3.63) is 65.4 Å². The van der Waals surface area contributed by atoms with E-state index in [0.717, 1.165) is 30.8 Å². The van der Waals surface area contributed by atoms with Gasteiger partial charge in [-0.3, -0.25) is 0 Å². The van der Waals surface area contributed by atoms with Crippen LogP contribution in [-0.4, -0.2) is 16.5 Å². The van der Waals surface area contributed by atoms with Crippen LogP contribution in [0.15, 0.2) is 47.0 Å². The summed E-state index contributed by atoms with van der Waals surface area (Å²) in [6.07, 6.45) is 3.04. The maximum Gasteiger partial charge on any atom is 0.245 e. The molecule has 5 heteroatoms. The average Bonchev–Trinajstić information content (AvgIpc) is 2.87. The lowest BCUT2D eigenvalue weighted by atomic mass is 10.2. The van der Waals surface area contributed by atoms with Crippen LogP contribution in [0.3, 0.4) is 0 Å². The van der Waals surface area contributed by atoms with Crippen LogP contribution in [0.5, 0.6) is 0 Å². The van der Waals surface area contributed by atoms with Gasteiger partial charge in [0.1, 0.15) is 23.0 Å². The molecule has 24 heavy (non-hydrogen) atoms. The van der Waals surface area contributed by atoms with Gasteiger partial charge in [0.05, 0.1) is 12.7 Å². The molecule has 0 bridgehead atoms. The highest BCUT2D eigenvalue weighted by Crippen LogP contribution is 2.27. The Labute approximate surface area is 140 Å². The summed E-state index contributed by atoms with van der Waals surface area (Å²) >= 11 is 0. The Morgan fingerprint density at radius 3 is 2.92 bits per heavy atom. The molecule has 0 saturated heterocycles. The number of fused-ring (bicyclic) bond motifs is 1. The number of rotatable bonds is 2. The van der Waals surface area contributed by atoms with Gasteiger partial charge in [-0.05, 0) is 43.2 Å². The molecule has 0 spiro atoms. The predicted octanol–water partition coefficient (Wildman–Crippen LogP) is 4.14. The molecule has 0 radical (unpaired) electrons. The van der Waals surface area contributed by atoms with E-state index >= 15 is 0 Å². The molecule has 1 aromatic carbocycles. The largest absolute Gasteiger partial charge is 0.440 e. The number of halogens is 1. The normalized spacial score (nSPS) is 14.3. The summed E-state index contributed by atoms with van der Waals surface area (Å²) < 4.78 is 18.9. The van der Waals surface area contributed by atoms with Crippen molar-refractivity contribution >= 4 is 5.69 Å². The monoisotopic (exact) mass is 323 g/mol. The van der Waals surface area contributed by atoms with Crippen molar-refractivity contribution < 1.29 is 8.81 Å². The third-order valence-corrected chi connectivity index (χ3v) is 4.26. The third-order valence-electron chi connectivity index (χ3n) is 4.26. The Bertz CT molecular complexity index is 857. The molecule has 3 heterocycles. The molecule has 0 atom stereocenters. The highest BCUT2D eigenvalue weighted by atomic mass is 19.1. The van der Waals surface area contributed by atoms with Crippen LogP contribution in [0.4, 0.5) is 10.1 Å². The molecule has 4 nitrogen and oxygen atoms in total. The number of oxazole rings is 1. The van der Waals surface area contributed by atoms with E-state index in [-0.39, 0.29) is 5.82 Å². The van der Waals surface area contributed by atoms with Crippen LogP contribution >= 0.6 is 0 Å². The number of benzene rings is 1. The molecule has 122 valence electrons. The zero-order valence-electron chi connectivity index (χ0n) is 13.5. The van der Waals surface area contributed by atoms with Gasteiger partial charge < -0.3 is 9.32 Å². The zero-order valence-corrected chi connectivity index (χ0v) is 13.5. The molecular weight excluding hydrogens is 305 g/mol. The summed E-state index contributed by atoms with van der Waals surface area (Å²) in [4.78, 5) is 11.0. The van der Waals surface area contributed by atoms with Gasteiger partial charge in [-0.15, -0.1) is 0 Å². The van der Waals surface area contributed by atoms with Gasteiger partial charge in [0.15, 0.2) is 0 Å². The van der Waals surface area contributed by atoms with E-state index in [9.17, 15) is 4.39 Å². The van der Waals surface area contributed by atoms with Crippen molar-refractivity contribution in [3.63, 3.8) is 0 Å². The second kappa shape index (κ2) is 6.07. The maximum absolute atomic E-state index is 13.0. The van der Waals surface area contributed by atoms with E-state index in [1.54, 1.807) is 6.07 Å². The lowest BCUT2D eigenvalue weighted by molar-refractivity contribution is 0.510. The van der Waals surface area contributed by atoms with Gasteiger partial charge >= 0.3 is 0 Å². The molecule has 0 aliphatic carbocycles. The minimum Gasteiger partial charge on any atom is -0.440 e. The number of hydrogen-bond donors (Lipinski definition) is 0. The molecule has 1 aliphatic rings. The van der Waals surface area contributed by atoms with Crippen LogP contribution in [0.25, 0.3) is 11.6 Å². The van der Waals surface area contributed by atoms with Crippen LogP contribution in [0.1, 0.15) is 23.4 Å². The molecule has 0 amide bonds. The van der Waals surface area contributed by atoms with Crippen molar-refractivity contribution in [3.8, 4) is 11.6 Å². The SMILES string of the molecule is Cc1cccc(N2CCCc3oc(-c4ccc(F)cn4)nc3C2)c1. The lowest BCUT2D eigenvalue weighted by Gasteiger charge is -2.22. The molecule has 3 aromatic rings. The van der Waals surface area contributed by atoms with E-state index in [1.807, 2.05) is 0 Å². The Morgan fingerprint density at radius 2 is 2.12 bits per heavy atom. The van der Waals surface area contributed by atoms with E-state index in [0.29, 0.717) is 18.1 Å². The standard InChI is InChI=1S/C19H18FN3O/c1-13-4-2-5-15(10-13)23-9-3-6-18-17(12-23)22-19(24-18)16-8-7-14(20)11-21-16/h2,4-5,7-8,10-11H,3,6,9,12H2,1H3. The molecule has 0 N–H and O–H groups in total. The summed E-state index contributed by atoms with van der Waals surface area (Å²) in [5.74, 6) is 1.01. The van der Waals surface area contributed by atoms with Crippen LogP contribution in [0.2, 0.25) is 0 Å². The fraction of sp³-hybridized carbons (Fsp3) is 0.263. The summed E-state index contributed by atoms with van der Waals surface area (Å²) in [6.45, 7) is 3.78. The number of aryl methyl sites for hydroxylation is 2. The van der Waals surface area contributed by atoms with Crippen molar-refractivity contribution in [2.45, 2.75) is 26.3 Å². The lowest BCUT2D eigenvalue weighted by Crippen LogP contribution is -2.22. The first-order valence-corrected chi connectivity index (χ1v) is 8.11.